The van der Waals surface area contributed by atoms with Gasteiger partial charge in [0.25, 0.3) is 0 Å². The van der Waals surface area contributed by atoms with Gasteiger partial charge in [-0.15, -0.1) is 10.2 Å². The first-order valence-corrected chi connectivity index (χ1v) is 4.85. The van der Waals surface area contributed by atoms with Gasteiger partial charge in [-0.3, -0.25) is 5.10 Å². The van der Waals surface area contributed by atoms with Crippen molar-refractivity contribution < 1.29 is 4.39 Å². The smallest absolute Gasteiger partial charge is 0.175 e. The summed E-state index contributed by atoms with van der Waals surface area (Å²) < 4.78 is 13.4. The lowest BCUT2D eigenvalue weighted by Gasteiger charge is -1.97. The summed E-state index contributed by atoms with van der Waals surface area (Å²) in [5, 5.41) is 13.6. The van der Waals surface area contributed by atoms with Crippen LogP contribution in [-0.4, -0.2) is 10.2 Å². The van der Waals surface area contributed by atoms with Gasteiger partial charge in [0.15, 0.2) is 17.3 Å². The number of hydrogen-bond donors (Lipinski definition) is 3. The molecule has 0 aliphatic heterocycles. The fraction of sp³-hybridized carbons (Fsp3) is 0.100. The zero-order valence-corrected chi connectivity index (χ0v) is 9.11. The third-order valence-corrected chi connectivity index (χ3v) is 2.16. The summed E-state index contributed by atoms with van der Waals surface area (Å²) in [5.41, 5.74) is 12.2. The highest BCUT2D eigenvalue weighted by molar-refractivity contribution is 5.70. The first-order chi connectivity index (χ1) is 8.08. The first-order valence-electron chi connectivity index (χ1n) is 4.85. The number of nitrogens with one attached hydrogen (secondary N) is 1. The zero-order chi connectivity index (χ0) is 12.4. The van der Waals surface area contributed by atoms with E-state index in [1.807, 2.05) is 0 Å². The monoisotopic (exact) mass is 234 g/mol. The highest BCUT2D eigenvalue weighted by Gasteiger charge is 2.07. The van der Waals surface area contributed by atoms with Gasteiger partial charge in [0.2, 0.25) is 0 Å². The Kier molecular flexibility index (Phi) is 2.73. The lowest BCUT2D eigenvalue weighted by Crippen LogP contribution is -1.84. The molecule has 1 aromatic heterocycles. The number of nitrogen functional groups attached to an aromatic ring is 2. The highest BCUT2D eigenvalue weighted by Crippen LogP contribution is 2.29. The Balaban J connectivity index is 2.32. The number of rotatable bonds is 2. The molecule has 7 heteroatoms. The van der Waals surface area contributed by atoms with Crippen LogP contribution in [0.1, 0.15) is 5.56 Å². The minimum atomic E-state index is -0.450. The van der Waals surface area contributed by atoms with Crippen LogP contribution in [-0.2, 0) is 0 Å². The van der Waals surface area contributed by atoms with Gasteiger partial charge in [-0.2, -0.15) is 5.10 Å². The minimum absolute atomic E-state index is 0.121. The summed E-state index contributed by atoms with van der Waals surface area (Å²) in [6.45, 7) is 1.79. The predicted octanol–water partition coefficient (Wildman–Crippen LogP) is 2.44. The Morgan fingerprint density at radius 3 is 2.65 bits per heavy atom. The predicted molar refractivity (Wildman–Crippen MR) is 62.7 cm³/mol. The molecule has 0 aliphatic rings. The molecule has 0 amide bonds. The van der Waals surface area contributed by atoms with E-state index in [2.05, 4.69) is 20.4 Å². The Labute approximate surface area is 96.5 Å². The third kappa shape index (κ3) is 2.22. The van der Waals surface area contributed by atoms with Gasteiger partial charge in [0, 0.05) is 0 Å². The van der Waals surface area contributed by atoms with Gasteiger partial charge in [-0.05, 0) is 24.6 Å². The van der Waals surface area contributed by atoms with E-state index in [9.17, 15) is 4.39 Å². The van der Waals surface area contributed by atoms with E-state index < -0.39 is 5.82 Å². The fourth-order valence-electron chi connectivity index (χ4n) is 1.27. The third-order valence-electron chi connectivity index (χ3n) is 2.16. The largest absolute Gasteiger partial charge is 0.382 e. The van der Waals surface area contributed by atoms with E-state index in [1.165, 1.54) is 12.1 Å². The zero-order valence-electron chi connectivity index (χ0n) is 9.11. The van der Waals surface area contributed by atoms with Gasteiger partial charge >= 0.3 is 0 Å². The maximum atomic E-state index is 13.4. The normalized spacial score (nSPS) is 11.2. The molecule has 2 rings (SSSR count). The van der Waals surface area contributed by atoms with Crippen molar-refractivity contribution in [3.8, 4) is 0 Å². The van der Waals surface area contributed by atoms with Crippen LogP contribution in [0.15, 0.2) is 28.4 Å². The molecule has 0 saturated heterocycles. The maximum Gasteiger partial charge on any atom is 0.175 e. The Bertz CT molecular complexity index is 555. The van der Waals surface area contributed by atoms with E-state index in [0.717, 1.165) is 5.56 Å². The SMILES string of the molecule is Cc1ccc(N=Nc2c(N)n[nH]c2N)c(F)c1. The van der Waals surface area contributed by atoms with Gasteiger partial charge in [0.05, 0.1) is 0 Å². The molecule has 1 aromatic carbocycles. The fourth-order valence-corrected chi connectivity index (χ4v) is 1.27. The molecule has 0 bridgehead atoms. The van der Waals surface area contributed by atoms with Crippen molar-refractivity contribution in [3.63, 3.8) is 0 Å². The van der Waals surface area contributed by atoms with Crippen molar-refractivity contribution in [2.24, 2.45) is 10.2 Å². The molecule has 0 saturated carbocycles. The quantitative estimate of drug-likeness (QED) is 0.694. The summed E-state index contributed by atoms with van der Waals surface area (Å²) in [6.07, 6.45) is 0. The van der Waals surface area contributed by atoms with Gasteiger partial charge in [-0.1, -0.05) is 6.07 Å². The van der Waals surface area contributed by atoms with E-state index in [1.54, 1.807) is 13.0 Å². The molecule has 0 atom stereocenters. The molecule has 0 radical (unpaired) electrons. The number of benzene rings is 1. The summed E-state index contributed by atoms with van der Waals surface area (Å²) in [4.78, 5) is 0. The molecule has 17 heavy (non-hydrogen) atoms. The second-order valence-electron chi connectivity index (χ2n) is 3.53. The second kappa shape index (κ2) is 4.20. The van der Waals surface area contributed by atoms with Crippen LogP contribution in [0.5, 0.6) is 0 Å². The minimum Gasteiger partial charge on any atom is -0.382 e. The molecule has 0 unspecified atom stereocenters. The number of aromatic nitrogens is 2. The average molecular weight is 234 g/mol. The van der Waals surface area contributed by atoms with Crippen molar-refractivity contribution >= 4 is 23.0 Å². The van der Waals surface area contributed by atoms with Crippen LogP contribution in [0.2, 0.25) is 0 Å². The molecule has 0 aliphatic carbocycles. The van der Waals surface area contributed by atoms with E-state index in [0.29, 0.717) is 0 Å². The van der Waals surface area contributed by atoms with Crippen molar-refractivity contribution in [2.45, 2.75) is 6.92 Å². The van der Waals surface area contributed by atoms with Crippen molar-refractivity contribution in [1.29, 1.82) is 0 Å². The molecule has 5 N–H and O–H groups in total. The van der Waals surface area contributed by atoms with E-state index >= 15 is 0 Å². The number of H-pyrrole nitrogens is 1. The topological polar surface area (TPSA) is 105 Å². The summed E-state index contributed by atoms with van der Waals surface area (Å²) in [6, 6.07) is 4.64. The van der Waals surface area contributed by atoms with Gasteiger partial charge in [0.1, 0.15) is 11.5 Å². The lowest BCUT2D eigenvalue weighted by atomic mass is 10.2. The van der Waals surface area contributed by atoms with Crippen molar-refractivity contribution in [1.82, 2.24) is 10.2 Å². The molecule has 88 valence electrons. The van der Waals surface area contributed by atoms with Crippen molar-refractivity contribution in [3.05, 3.63) is 29.6 Å². The average Bonchev–Trinajstić information content (AvgIpc) is 2.58. The molecule has 6 nitrogen and oxygen atoms in total. The van der Waals surface area contributed by atoms with Crippen LogP contribution in [0.3, 0.4) is 0 Å². The summed E-state index contributed by atoms with van der Waals surface area (Å²) in [5.74, 6) is -0.132. The standard InChI is InChI=1S/C10H11FN6/c1-5-2-3-7(6(11)4-5)14-15-8-9(12)16-17-10(8)13/h2-4H,1H3,(H5,12,13,16,17). The van der Waals surface area contributed by atoms with Crippen LogP contribution in [0.4, 0.5) is 27.4 Å². The van der Waals surface area contributed by atoms with Crippen molar-refractivity contribution in [2.75, 3.05) is 11.5 Å². The molecule has 0 fully saturated rings. The van der Waals surface area contributed by atoms with Gasteiger partial charge in [-0.25, -0.2) is 4.39 Å². The Morgan fingerprint density at radius 2 is 2.06 bits per heavy atom. The number of hydrogen-bond acceptors (Lipinski definition) is 5. The number of aromatic amines is 1. The summed E-state index contributed by atoms with van der Waals surface area (Å²) >= 11 is 0. The van der Waals surface area contributed by atoms with Crippen LogP contribution >= 0.6 is 0 Å². The van der Waals surface area contributed by atoms with E-state index in [-0.39, 0.29) is 23.0 Å². The Hall–Kier alpha value is -2.44. The summed E-state index contributed by atoms with van der Waals surface area (Å²) in [7, 11) is 0. The lowest BCUT2D eigenvalue weighted by molar-refractivity contribution is 0.627. The molecular weight excluding hydrogens is 223 g/mol. The van der Waals surface area contributed by atoms with Crippen LogP contribution < -0.4 is 11.5 Å². The molecule has 2 aromatic rings. The molecule has 1 heterocycles. The molecular formula is C10H11FN6. The number of aryl methyl sites for hydroxylation is 1. The maximum absolute atomic E-state index is 13.4. The van der Waals surface area contributed by atoms with Crippen LogP contribution in [0.25, 0.3) is 0 Å². The molecule has 0 spiro atoms. The number of nitrogens with zero attached hydrogens (tertiary/aromatic N) is 3. The number of nitrogens with two attached hydrogens (primary N) is 2. The number of anilines is 2. The highest BCUT2D eigenvalue weighted by atomic mass is 19.1. The Morgan fingerprint density at radius 1 is 1.29 bits per heavy atom. The van der Waals surface area contributed by atoms with E-state index in [4.69, 9.17) is 11.5 Å². The second-order valence-corrected chi connectivity index (χ2v) is 3.53. The first kappa shape index (κ1) is 11.1. The number of halogens is 1. The van der Waals surface area contributed by atoms with Gasteiger partial charge < -0.3 is 11.5 Å². The number of azo groups is 1. The van der Waals surface area contributed by atoms with Crippen LogP contribution in [0, 0.1) is 12.7 Å².